The van der Waals surface area contributed by atoms with E-state index in [1.807, 2.05) is 18.4 Å². The largest absolute Gasteiger partial charge is 0.462 e. The lowest BCUT2D eigenvalue weighted by atomic mass is 10.0. The van der Waals surface area contributed by atoms with Gasteiger partial charge in [0.2, 0.25) is 0 Å². The fourth-order valence-corrected chi connectivity index (χ4v) is 2.83. The average Bonchev–Trinajstić information content (AvgIpc) is 3.06. The van der Waals surface area contributed by atoms with Crippen LogP contribution in [0, 0.1) is 0 Å². The van der Waals surface area contributed by atoms with Gasteiger partial charge in [-0.2, -0.15) is 8.78 Å². The van der Waals surface area contributed by atoms with Crippen LogP contribution >= 0.6 is 0 Å². The first kappa shape index (κ1) is 18.9. The standard InChI is InChI=1S/C19H20F2N4O2/c1-4-27-18(26)19(20,21)9-13-6-5-7-14(8-13)15-16-17(23-10-22-15)25(11-24-16)12(2)3/h5-8,10-12H,4,9H2,1-3H3. The van der Waals surface area contributed by atoms with E-state index in [4.69, 9.17) is 0 Å². The van der Waals surface area contributed by atoms with Crippen LogP contribution in [0.25, 0.3) is 22.4 Å². The van der Waals surface area contributed by atoms with Crippen molar-refractivity contribution in [1.29, 1.82) is 0 Å². The number of fused-ring (bicyclic) bond motifs is 1. The molecule has 0 saturated carbocycles. The van der Waals surface area contributed by atoms with Gasteiger partial charge in [0.05, 0.1) is 12.9 Å². The zero-order chi connectivity index (χ0) is 19.6. The number of carbonyl (C=O) groups excluding carboxylic acids is 1. The molecule has 0 aliphatic carbocycles. The molecular formula is C19H20F2N4O2. The molecule has 0 atom stereocenters. The predicted octanol–water partition coefficient (Wildman–Crippen LogP) is 3.82. The Morgan fingerprint density at radius 1 is 1.26 bits per heavy atom. The van der Waals surface area contributed by atoms with E-state index in [1.165, 1.54) is 13.3 Å². The van der Waals surface area contributed by atoms with Crippen molar-refractivity contribution < 1.29 is 18.3 Å². The van der Waals surface area contributed by atoms with Crippen LogP contribution in [-0.4, -0.2) is 38.0 Å². The molecule has 0 fully saturated rings. The van der Waals surface area contributed by atoms with Gasteiger partial charge in [-0.05, 0) is 32.4 Å². The maximum Gasteiger partial charge on any atom is 0.377 e. The monoisotopic (exact) mass is 374 g/mol. The van der Waals surface area contributed by atoms with E-state index in [0.717, 1.165) is 0 Å². The summed E-state index contributed by atoms with van der Waals surface area (Å²) in [7, 11) is 0. The number of hydrogen-bond donors (Lipinski definition) is 0. The number of aromatic nitrogens is 4. The Hall–Kier alpha value is -2.90. The van der Waals surface area contributed by atoms with Crippen LogP contribution in [-0.2, 0) is 16.0 Å². The number of halogens is 2. The van der Waals surface area contributed by atoms with Gasteiger partial charge < -0.3 is 9.30 Å². The highest BCUT2D eigenvalue weighted by Crippen LogP contribution is 2.28. The zero-order valence-corrected chi connectivity index (χ0v) is 15.3. The van der Waals surface area contributed by atoms with Crippen molar-refractivity contribution in [3.05, 3.63) is 42.5 Å². The lowest BCUT2D eigenvalue weighted by Gasteiger charge is -2.15. The molecule has 3 aromatic rings. The molecule has 3 rings (SSSR count). The quantitative estimate of drug-likeness (QED) is 0.614. The number of imidazole rings is 1. The Balaban J connectivity index is 1.97. The summed E-state index contributed by atoms with van der Waals surface area (Å²) in [5.41, 5.74) is 2.77. The molecule has 2 heterocycles. The van der Waals surface area contributed by atoms with E-state index < -0.39 is 18.3 Å². The lowest BCUT2D eigenvalue weighted by Crippen LogP contribution is -2.33. The Morgan fingerprint density at radius 2 is 2.04 bits per heavy atom. The molecule has 0 unspecified atom stereocenters. The second kappa shape index (κ2) is 7.38. The molecule has 27 heavy (non-hydrogen) atoms. The lowest BCUT2D eigenvalue weighted by molar-refractivity contribution is -0.171. The molecule has 0 N–H and O–H groups in total. The Morgan fingerprint density at radius 3 is 2.74 bits per heavy atom. The van der Waals surface area contributed by atoms with E-state index in [0.29, 0.717) is 28.0 Å². The summed E-state index contributed by atoms with van der Waals surface area (Å²) in [4.78, 5) is 24.4. The maximum atomic E-state index is 14.1. The molecule has 142 valence electrons. The number of rotatable bonds is 6. The third-order valence-electron chi connectivity index (χ3n) is 4.12. The summed E-state index contributed by atoms with van der Waals surface area (Å²) < 4.78 is 34.5. The smallest absolute Gasteiger partial charge is 0.377 e. The number of benzene rings is 1. The molecule has 0 aliphatic rings. The molecule has 1 aromatic carbocycles. The van der Waals surface area contributed by atoms with Crippen molar-refractivity contribution in [3.63, 3.8) is 0 Å². The fraction of sp³-hybridized carbons (Fsp3) is 0.368. The Labute approximate surface area is 155 Å². The van der Waals surface area contributed by atoms with Gasteiger partial charge >= 0.3 is 11.9 Å². The normalized spacial score (nSPS) is 11.9. The van der Waals surface area contributed by atoms with Gasteiger partial charge in [-0.1, -0.05) is 18.2 Å². The molecule has 0 radical (unpaired) electrons. The molecule has 0 amide bonds. The highest BCUT2D eigenvalue weighted by atomic mass is 19.3. The van der Waals surface area contributed by atoms with Gasteiger partial charge in [0.25, 0.3) is 0 Å². The van der Waals surface area contributed by atoms with Crippen molar-refractivity contribution in [2.45, 2.75) is 39.2 Å². The van der Waals surface area contributed by atoms with Crippen molar-refractivity contribution >= 4 is 17.1 Å². The van der Waals surface area contributed by atoms with Gasteiger partial charge in [0.1, 0.15) is 17.5 Å². The summed E-state index contributed by atoms with van der Waals surface area (Å²) in [5.74, 6) is -5.11. The van der Waals surface area contributed by atoms with Crippen LogP contribution in [0.3, 0.4) is 0 Å². The highest BCUT2D eigenvalue weighted by molar-refractivity contribution is 5.87. The number of alkyl halides is 2. The van der Waals surface area contributed by atoms with Crippen LogP contribution in [0.5, 0.6) is 0 Å². The zero-order valence-electron chi connectivity index (χ0n) is 15.3. The molecule has 0 bridgehead atoms. The molecular weight excluding hydrogens is 354 g/mol. The minimum Gasteiger partial charge on any atom is -0.462 e. The number of esters is 1. The summed E-state index contributed by atoms with van der Waals surface area (Å²) in [5, 5.41) is 0. The molecule has 6 nitrogen and oxygen atoms in total. The molecule has 8 heteroatoms. The van der Waals surface area contributed by atoms with Crippen LogP contribution in [0.4, 0.5) is 8.78 Å². The van der Waals surface area contributed by atoms with Crippen LogP contribution in [0.1, 0.15) is 32.4 Å². The number of ether oxygens (including phenoxy) is 1. The minimum atomic E-state index is -3.59. The summed E-state index contributed by atoms with van der Waals surface area (Å²) >= 11 is 0. The molecule has 0 aliphatic heterocycles. The molecule has 2 aromatic heterocycles. The second-order valence-electron chi connectivity index (χ2n) is 6.44. The number of nitrogens with zero attached hydrogens (tertiary/aromatic N) is 4. The van der Waals surface area contributed by atoms with Crippen LogP contribution < -0.4 is 0 Å². The molecule has 0 saturated heterocycles. The van der Waals surface area contributed by atoms with Gasteiger partial charge in [-0.3, -0.25) is 0 Å². The van der Waals surface area contributed by atoms with Gasteiger partial charge in [0.15, 0.2) is 5.65 Å². The number of carbonyl (C=O) groups is 1. The van der Waals surface area contributed by atoms with E-state index in [9.17, 15) is 13.6 Å². The van der Waals surface area contributed by atoms with E-state index in [2.05, 4.69) is 19.7 Å². The van der Waals surface area contributed by atoms with Crippen molar-refractivity contribution in [2.24, 2.45) is 0 Å². The first-order valence-corrected chi connectivity index (χ1v) is 8.65. The topological polar surface area (TPSA) is 69.9 Å². The Bertz CT molecular complexity index is 969. The second-order valence-corrected chi connectivity index (χ2v) is 6.44. The third kappa shape index (κ3) is 3.79. The van der Waals surface area contributed by atoms with Crippen molar-refractivity contribution in [3.8, 4) is 11.3 Å². The highest BCUT2D eigenvalue weighted by Gasteiger charge is 2.40. The van der Waals surface area contributed by atoms with Crippen LogP contribution in [0.15, 0.2) is 36.9 Å². The minimum absolute atomic E-state index is 0.0914. The van der Waals surface area contributed by atoms with E-state index >= 15 is 0 Å². The maximum absolute atomic E-state index is 14.1. The van der Waals surface area contributed by atoms with Crippen molar-refractivity contribution in [2.75, 3.05) is 6.61 Å². The van der Waals surface area contributed by atoms with E-state index in [1.54, 1.807) is 30.6 Å². The van der Waals surface area contributed by atoms with E-state index in [-0.39, 0.29) is 12.6 Å². The summed E-state index contributed by atoms with van der Waals surface area (Å²) in [6, 6.07) is 6.72. The predicted molar refractivity (Wildman–Crippen MR) is 96.4 cm³/mol. The van der Waals surface area contributed by atoms with Gasteiger partial charge in [0, 0.05) is 18.0 Å². The number of hydrogen-bond acceptors (Lipinski definition) is 5. The SMILES string of the molecule is CCOC(=O)C(F)(F)Cc1cccc(-c2ncnc3c2ncn3C(C)C)c1. The van der Waals surface area contributed by atoms with Crippen LogP contribution in [0.2, 0.25) is 0 Å². The van der Waals surface area contributed by atoms with Gasteiger partial charge in [-0.15, -0.1) is 0 Å². The third-order valence-corrected chi connectivity index (χ3v) is 4.12. The fourth-order valence-electron chi connectivity index (χ4n) is 2.83. The molecule has 0 spiro atoms. The summed E-state index contributed by atoms with van der Waals surface area (Å²) in [6.07, 6.45) is 2.37. The summed E-state index contributed by atoms with van der Waals surface area (Å²) in [6.45, 7) is 5.43. The van der Waals surface area contributed by atoms with Crippen molar-refractivity contribution in [1.82, 2.24) is 19.5 Å². The average molecular weight is 374 g/mol. The van der Waals surface area contributed by atoms with Gasteiger partial charge in [-0.25, -0.2) is 19.7 Å². The first-order chi connectivity index (χ1) is 12.8. The first-order valence-electron chi connectivity index (χ1n) is 8.65. The Kier molecular flexibility index (Phi) is 5.16.